The highest BCUT2D eigenvalue weighted by molar-refractivity contribution is 7.80. The molecule has 0 saturated carbocycles. The number of fused-ring (bicyclic) bond motifs is 4. The van der Waals surface area contributed by atoms with E-state index in [9.17, 15) is 9.59 Å². The first-order valence-electron chi connectivity index (χ1n) is 12.1. The minimum atomic E-state index is -0.977. The normalized spacial score (nSPS) is 19.6. The quantitative estimate of drug-likeness (QED) is 0.356. The molecule has 0 aromatic heterocycles. The Hall–Kier alpha value is -4.25. The smallest absolute Gasteiger partial charge is 0.271 e. The largest absolute Gasteiger partial charge is 0.333 e. The monoisotopic (exact) mass is 536 g/mol. The third kappa shape index (κ3) is 4.08. The number of ketones is 1. The van der Waals surface area contributed by atoms with Crippen molar-refractivity contribution in [3.63, 3.8) is 0 Å². The molecule has 3 aliphatic rings. The number of carbonyl (C=O) groups excluding carboxylic acids is 2. The fraction of sp³-hybridized carbons (Fsp3) is 0.133. The Bertz CT molecular complexity index is 1590. The van der Waals surface area contributed by atoms with Crippen molar-refractivity contribution in [3.05, 3.63) is 112 Å². The maximum Gasteiger partial charge on any atom is 0.271 e. The minimum Gasteiger partial charge on any atom is -0.333 e. The summed E-state index contributed by atoms with van der Waals surface area (Å²) in [6, 6.07) is 24.3. The van der Waals surface area contributed by atoms with Crippen LogP contribution < -0.4 is 10.6 Å². The lowest BCUT2D eigenvalue weighted by atomic mass is 9.87. The molecule has 0 saturated heterocycles. The zero-order valence-corrected chi connectivity index (χ0v) is 21.9. The van der Waals surface area contributed by atoms with Gasteiger partial charge in [-0.15, -0.1) is 0 Å². The molecule has 0 spiro atoms. The van der Waals surface area contributed by atoms with Crippen molar-refractivity contribution in [2.24, 2.45) is 10.9 Å². The van der Waals surface area contributed by atoms with Crippen LogP contribution in [0.4, 0.5) is 5.69 Å². The summed E-state index contributed by atoms with van der Waals surface area (Å²) >= 11 is 12.1. The van der Waals surface area contributed by atoms with E-state index in [2.05, 4.69) is 22.8 Å². The van der Waals surface area contributed by atoms with E-state index in [0.717, 1.165) is 22.4 Å². The van der Waals surface area contributed by atoms with Crippen LogP contribution in [0.3, 0.4) is 0 Å². The molecular formula is C30H21ClN4O2S. The van der Waals surface area contributed by atoms with Crippen LogP contribution in [0.2, 0.25) is 0 Å². The standard InChI is InChI=1S/C30H21ClN4O2S/c1-35-24-15-14-18(31)16-22(24)26(17-8-3-2-4-9-17)33-28(29(35)37)34-30(38)32-23-13-7-12-21-25(23)19-10-5-6-11-20(19)27(21)36/h3,5-15,22,28H,16H2,1H3,(H2,32,34,38). The molecule has 8 heteroatoms. The Morgan fingerprint density at radius 3 is 2.63 bits per heavy atom. The van der Waals surface area contributed by atoms with E-state index in [1.165, 1.54) is 0 Å². The third-order valence-electron chi connectivity index (χ3n) is 6.96. The second-order valence-electron chi connectivity index (χ2n) is 9.20. The van der Waals surface area contributed by atoms with Crippen LogP contribution in [0.5, 0.6) is 0 Å². The van der Waals surface area contributed by atoms with Gasteiger partial charge >= 0.3 is 0 Å². The van der Waals surface area contributed by atoms with Gasteiger partial charge in [-0.25, -0.2) is 0 Å². The van der Waals surface area contributed by atoms with E-state index in [-0.39, 0.29) is 22.7 Å². The molecule has 1 heterocycles. The van der Waals surface area contributed by atoms with E-state index in [1.54, 1.807) is 24.1 Å². The molecule has 2 atom stereocenters. The summed E-state index contributed by atoms with van der Waals surface area (Å²) in [5.74, 6) is -0.476. The number of hydrogen-bond acceptors (Lipinski definition) is 4. The van der Waals surface area contributed by atoms with Gasteiger partial charge in [0.15, 0.2) is 10.9 Å². The topological polar surface area (TPSA) is 73.8 Å². The van der Waals surface area contributed by atoms with Gasteiger partial charge in [-0.3, -0.25) is 14.6 Å². The maximum absolute atomic E-state index is 13.6. The summed E-state index contributed by atoms with van der Waals surface area (Å²) in [7, 11) is 1.73. The lowest BCUT2D eigenvalue weighted by molar-refractivity contribution is -0.129. The molecule has 2 N–H and O–H groups in total. The molecule has 3 aromatic carbocycles. The number of amides is 1. The Labute approximate surface area is 230 Å². The first-order chi connectivity index (χ1) is 18.4. The summed E-state index contributed by atoms with van der Waals surface area (Å²) in [4.78, 5) is 32.9. The van der Waals surface area contributed by atoms with Gasteiger partial charge in [-0.1, -0.05) is 60.1 Å². The second-order valence-corrected chi connectivity index (χ2v) is 10.1. The molecule has 186 valence electrons. The highest BCUT2D eigenvalue weighted by Crippen LogP contribution is 2.41. The SMILES string of the molecule is CN1C(=O)C(NC(=S)Nc2cccc3c2-c2ccccc2C3=O)N=C(c2cc#ccc2)C2CC(Cl)=CC=C21. The van der Waals surface area contributed by atoms with E-state index in [4.69, 9.17) is 28.8 Å². The van der Waals surface area contributed by atoms with E-state index < -0.39 is 6.17 Å². The molecule has 6 rings (SSSR count). The van der Waals surface area contributed by atoms with Crippen LogP contribution in [0, 0.1) is 18.1 Å². The maximum atomic E-state index is 13.6. The Morgan fingerprint density at radius 2 is 1.84 bits per heavy atom. The lowest BCUT2D eigenvalue weighted by Crippen LogP contribution is -2.46. The Kier molecular flexibility index (Phi) is 6.07. The number of rotatable bonds is 3. The fourth-order valence-electron chi connectivity index (χ4n) is 5.18. The minimum absolute atomic E-state index is 0.0204. The first kappa shape index (κ1) is 24.1. The summed E-state index contributed by atoms with van der Waals surface area (Å²) in [5, 5.41) is 7.20. The van der Waals surface area contributed by atoms with Crippen LogP contribution in [0.25, 0.3) is 11.1 Å². The summed E-state index contributed by atoms with van der Waals surface area (Å²) < 4.78 is 0. The summed E-state index contributed by atoms with van der Waals surface area (Å²) in [6.45, 7) is 0. The molecular weight excluding hydrogens is 516 g/mol. The van der Waals surface area contributed by atoms with Gasteiger partial charge in [-0.2, -0.15) is 0 Å². The van der Waals surface area contributed by atoms with Crippen LogP contribution >= 0.6 is 23.8 Å². The predicted molar refractivity (Wildman–Crippen MR) is 152 cm³/mol. The first-order valence-corrected chi connectivity index (χ1v) is 12.9. The molecule has 0 radical (unpaired) electrons. The lowest BCUT2D eigenvalue weighted by Gasteiger charge is -2.28. The van der Waals surface area contributed by atoms with Gasteiger partial charge in [0.25, 0.3) is 5.91 Å². The van der Waals surface area contributed by atoms with Gasteiger partial charge in [0.2, 0.25) is 6.17 Å². The zero-order valence-electron chi connectivity index (χ0n) is 20.3. The Balaban J connectivity index is 1.33. The van der Waals surface area contributed by atoms with Crippen molar-refractivity contribution in [2.45, 2.75) is 12.6 Å². The molecule has 0 fully saturated rings. The number of carbonyl (C=O) groups is 2. The number of halogens is 1. The molecule has 38 heavy (non-hydrogen) atoms. The molecule has 0 bridgehead atoms. The molecule has 1 amide bonds. The van der Waals surface area contributed by atoms with Gasteiger partial charge in [0.1, 0.15) is 0 Å². The van der Waals surface area contributed by atoms with Gasteiger partial charge in [0.05, 0.1) is 5.71 Å². The van der Waals surface area contributed by atoms with Gasteiger partial charge in [0, 0.05) is 51.6 Å². The van der Waals surface area contributed by atoms with Crippen molar-refractivity contribution < 1.29 is 9.59 Å². The number of benzene rings is 2. The number of anilines is 1. The van der Waals surface area contributed by atoms with E-state index in [1.807, 2.05) is 60.7 Å². The highest BCUT2D eigenvalue weighted by Gasteiger charge is 2.37. The van der Waals surface area contributed by atoms with Crippen molar-refractivity contribution in [1.29, 1.82) is 0 Å². The summed E-state index contributed by atoms with van der Waals surface area (Å²) in [6.07, 6.45) is 3.23. The van der Waals surface area contributed by atoms with Crippen LogP contribution in [0.1, 0.15) is 27.9 Å². The number of thiocarbonyl (C=S) groups is 1. The molecule has 2 unspecified atom stereocenters. The van der Waals surface area contributed by atoms with E-state index >= 15 is 0 Å². The average Bonchev–Trinajstić information content (AvgIpc) is 3.18. The van der Waals surface area contributed by atoms with Gasteiger partial charge in [-0.05, 0) is 60.6 Å². The van der Waals surface area contributed by atoms with E-state index in [0.29, 0.717) is 34.0 Å². The van der Waals surface area contributed by atoms with Crippen LogP contribution in [-0.2, 0) is 4.79 Å². The molecule has 3 aromatic rings. The number of aliphatic imine (C=N–C) groups is 1. The predicted octanol–water partition coefficient (Wildman–Crippen LogP) is 5.10. The molecule has 6 nitrogen and oxygen atoms in total. The number of allylic oxidation sites excluding steroid dienone is 4. The fourth-order valence-corrected chi connectivity index (χ4v) is 5.61. The van der Waals surface area contributed by atoms with Gasteiger partial charge < -0.3 is 15.5 Å². The number of likely N-dealkylation sites (N-methyl/N-ethyl adjacent to an activating group) is 1. The van der Waals surface area contributed by atoms with Crippen molar-refractivity contribution in [2.75, 3.05) is 12.4 Å². The third-order valence-corrected chi connectivity index (χ3v) is 7.46. The number of nitrogens with zero attached hydrogens (tertiary/aromatic N) is 2. The van der Waals surface area contributed by atoms with Crippen LogP contribution in [0.15, 0.2) is 88.5 Å². The number of hydrogen-bond donors (Lipinski definition) is 2. The van der Waals surface area contributed by atoms with Crippen molar-refractivity contribution in [3.8, 4) is 11.1 Å². The Morgan fingerprint density at radius 1 is 1.05 bits per heavy atom. The second kappa shape index (κ2) is 9.56. The highest BCUT2D eigenvalue weighted by atomic mass is 35.5. The zero-order chi connectivity index (χ0) is 26.4. The number of nitrogens with one attached hydrogen (secondary N) is 2. The van der Waals surface area contributed by atoms with Crippen molar-refractivity contribution >= 4 is 52.0 Å². The summed E-state index contributed by atoms with van der Waals surface area (Å²) in [5.41, 5.74) is 5.94. The average molecular weight is 537 g/mol. The molecule has 2 aliphatic carbocycles. The van der Waals surface area contributed by atoms with Crippen LogP contribution in [-0.4, -0.2) is 40.6 Å². The van der Waals surface area contributed by atoms with Crippen molar-refractivity contribution in [1.82, 2.24) is 10.2 Å². The molecule has 1 aliphatic heterocycles.